The Morgan fingerprint density at radius 3 is 1.70 bits per heavy atom. The number of phenolic OH excluding ortho intramolecular Hbond substituents is 2. The van der Waals surface area contributed by atoms with Crippen molar-refractivity contribution in [2.45, 2.75) is 81.2 Å². The molecular weight excluding hydrogens is 877 g/mol. The monoisotopic (exact) mass is 932 g/mol. The molecule has 22 heteroatoms. The summed E-state index contributed by atoms with van der Waals surface area (Å²) in [5.41, 5.74) is 19.0. The highest BCUT2D eigenvalue weighted by atomic mass is 32.1. The summed E-state index contributed by atoms with van der Waals surface area (Å²) in [7, 11) is 0. The summed E-state index contributed by atoms with van der Waals surface area (Å²) in [4.78, 5) is 108. The first-order chi connectivity index (χ1) is 31.5. The van der Waals surface area contributed by atoms with Gasteiger partial charge in [-0.1, -0.05) is 42.5 Å². The standard InChI is InChI=1S/C44H56N10O11S/c45-16-4-3-7-32(44(64)65)50-38(58)22-49-40(60)33(17-24-8-12-27(55)13-9-24)52-43(63)36(23-66)54-41(61)34(18-25-10-14-28(56)15-11-25)53-42(62)35(51-39(59)30(46)20-37(47)57)19-26-21-48-31-6-2-1-5-29(26)31/h1-2,5-6,8-15,21,30,32-36,48,55-56,66H,3-4,7,16-20,22-23,45-46H2,(H2,47,57)(H,49,60)(H,50,58)(H,51,59)(H,52,63)(H,53,62)(H,54,61)(H,64,65). The van der Waals surface area contributed by atoms with Gasteiger partial charge in [0.25, 0.3) is 0 Å². The molecule has 3 aromatic carbocycles. The van der Waals surface area contributed by atoms with E-state index in [1.54, 1.807) is 24.4 Å². The number of benzene rings is 3. The molecule has 0 aliphatic rings. The van der Waals surface area contributed by atoms with Gasteiger partial charge in [-0.25, -0.2) is 4.79 Å². The Kier molecular flexibility index (Phi) is 19.8. The summed E-state index contributed by atoms with van der Waals surface area (Å²) in [6.45, 7) is -0.309. The summed E-state index contributed by atoms with van der Waals surface area (Å²) in [6, 6.07) is 10.5. The second kappa shape index (κ2) is 25.4. The van der Waals surface area contributed by atoms with Crippen molar-refractivity contribution in [3.8, 4) is 11.5 Å². The molecular formula is C44H56N10O11S. The third-order valence-electron chi connectivity index (χ3n) is 10.3. The number of rotatable bonds is 26. The Labute approximate surface area is 384 Å². The van der Waals surface area contributed by atoms with E-state index in [4.69, 9.17) is 17.2 Å². The number of hydrogen-bond acceptors (Lipinski definition) is 13. The van der Waals surface area contributed by atoms with Crippen molar-refractivity contribution in [3.05, 3.63) is 95.7 Å². The van der Waals surface area contributed by atoms with Gasteiger partial charge in [-0.05, 0) is 72.8 Å². The number of aromatic amines is 1. The Morgan fingerprint density at radius 1 is 0.636 bits per heavy atom. The maximum atomic E-state index is 14.2. The van der Waals surface area contributed by atoms with E-state index in [9.17, 15) is 53.7 Å². The molecule has 0 saturated heterocycles. The maximum Gasteiger partial charge on any atom is 0.326 e. The zero-order valence-electron chi connectivity index (χ0n) is 35.8. The predicted octanol–water partition coefficient (Wildman–Crippen LogP) is -1.51. The lowest BCUT2D eigenvalue weighted by atomic mass is 10.0. The van der Waals surface area contributed by atoms with Crippen LogP contribution in [0.3, 0.4) is 0 Å². The first kappa shape index (κ1) is 51.5. The summed E-state index contributed by atoms with van der Waals surface area (Å²) < 4.78 is 0. The van der Waals surface area contributed by atoms with Crippen molar-refractivity contribution in [2.24, 2.45) is 17.2 Å². The molecule has 1 heterocycles. The molecule has 0 saturated carbocycles. The van der Waals surface area contributed by atoms with Gasteiger partial charge in [-0.2, -0.15) is 12.6 Å². The molecule has 1 aromatic heterocycles. The number of carbonyl (C=O) groups excluding carboxylic acids is 7. The van der Waals surface area contributed by atoms with E-state index >= 15 is 0 Å². The van der Waals surface area contributed by atoms with Crippen molar-refractivity contribution in [1.29, 1.82) is 0 Å². The Morgan fingerprint density at radius 2 is 1.15 bits per heavy atom. The van der Waals surface area contributed by atoms with Gasteiger partial charge in [0.05, 0.1) is 19.0 Å². The number of para-hydroxylation sites is 1. The SMILES string of the molecule is NCCCCC(NC(=O)CNC(=O)C(Cc1ccc(O)cc1)NC(=O)C(CS)NC(=O)C(Cc1ccc(O)cc1)NC(=O)C(Cc1c[nH]c2ccccc12)NC(=O)C(N)CC(N)=O)C(=O)O. The number of aromatic hydroxyl groups is 2. The van der Waals surface area contributed by atoms with Crippen LogP contribution in [0.25, 0.3) is 10.9 Å². The smallest absolute Gasteiger partial charge is 0.326 e. The molecule has 0 bridgehead atoms. The molecule has 354 valence electrons. The van der Waals surface area contributed by atoms with E-state index in [1.807, 2.05) is 6.07 Å². The highest BCUT2D eigenvalue weighted by Crippen LogP contribution is 2.20. The largest absolute Gasteiger partial charge is 0.508 e. The van der Waals surface area contributed by atoms with E-state index in [2.05, 4.69) is 49.5 Å². The fourth-order valence-electron chi connectivity index (χ4n) is 6.77. The lowest BCUT2D eigenvalue weighted by molar-refractivity contribution is -0.142. The third kappa shape index (κ3) is 16.1. The van der Waals surface area contributed by atoms with Crippen LogP contribution in [0.15, 0.2) is 79.0 Å². The average Bonchev–Trinajstić information content (AvgIpc) is 3.69. The van der Waals surface area contributed by atoms with Crippen molar-refractivity contribution in [2.75, 3.05) is 18.8 Å². The lowest BCUT2D eigenvalue weighted by Crippen LogP contribution is -2.60. The number of amides is 7. The maximum absolute atomic E-state index is 14.2. The van der Waals surface area contributed by atoms with Gasteiger partial charge in [-0.3, -0.25) is 33.6 Å². The Bertz CT molecular complexity index is 2330. The number of unbranched alkanes of at least 4 members (excludes halogenated alkanes) is 1. The average molecular weight is 933 g/mol. The predicted molar refractivity (Wildman–Crippen MR) is 244 cm³/mol. The fourth-order valence-corrected chi connectivity index (χ4v) is 7.03. The van der Waals surface area contributed by atoms with Crippen molar-refractivity contribution in [3.63, 3.8) is 0 Å². The van der Waals surface area contributed by atoms with Gasteiger partial charge < -0.3 is 69.4 Å². The number of thiol groups is 1. The van der Waals surface area contributed by atoms with Gasteiger partial charge in [0, 0.05) is 42.1 Å². The zero-order chi connectivity index (χ0) is 48.3. The number of aromatic nitrogens is 1. The first-order valence-corrected chi connectivity index (χ1v) is 21.6. The summed E-state index contributed by atoms with van der Waals surface area (Å²) in [5.74, 6) is -7.71. The van der Waals surface area contributed by atoms with Crippen molar-refractivity contribution < 1.29 is 53.7 Å². The quantitative estimate of drug-likeness (QED) is 0.0252. The van der Waals surface area contributed by atoms with Crippen LogP contribution in [-0.4, -0.2) is 123 Å². The van der Waals surface area contributed by atoms with E-state index in [1.165, 1.54) is 48.5 Å². The number of phenols is 2. The molecule has 6 atom stereocenters. The minimum atomic E-state index is -1.43. The van der Waals surface area contributed by atoms with Gasteiger partial charge in [0.15, 0.2) is 0 Å². The second-order valence-electron chi connectivity index (χ2n) is 15.5. The Hall–Kier alpha value is -7.17. The highest BCUT2D eigenvalue weighted by Gasteiger charge is 2.33. The van der Waals surface area contributed by atoms with Crippen LogP contribution in [0.1, 0.15) is 42.4 Å². The number of carbonyl (C=O) groups is 8. The summed E-state index contributed by atoms with van der Waals surface area (Å²) in [6.07, 6.45) is 1.79. The number of fused-ring (bicyclic) bond motifs is 1. The van der Waals surface area contributed by atoms with Crippen LogP contribution in [-0.2, 0) is 57.6 Å². The van der Waals surface area contributed by atoms with Gasteiger partial charge >= 0.3 is 5.97 Å². The van der Waals surface area contributed by atoms with E-state index in [0.717, 1.165) is 10.9 Å². The number of carboxylic acid groups (broad SMARTS) is 1. The Balaban J connectivity index is 1.56. The van der Waals surface area contributed by atoms with Crippen LogP contribution in [0.4, 0.5) is 0 Å². The van der Waals surface area contributed by atoms with Gasteiger partial charge in [-0.15, -0.1) is 0 Å². The normalized spacial score (nSPS) is 13.7. The van der Waals surface area contributed by atoms with Crippen molar-refractivity contribution in [1.82, 2.24) is 36.9 Å². The van der Waals surface area contributed by atoms with Crippen LogP contribution in [0.5, 0.6) is 11.5 Å². The lowest BCUT2D eigenvalue weighted by Gasteiger charge is -2.26. The molecule has 6 unspecified atom stereocenters. The molecule has 0 radical (unpaired) electrons. The van der Waals surface area contributed by atoms with Crippen LogP contribution >= 0.6 is 12.6 Å². The molecule has 4 aromatic rings. The van der Waals surface area contributed by atoms with Gasteiger partial charge in [0.2, 0.25) is 41.4 Å². The first-order valence-electron chi connectivity index (χ1n) is 20.9. The zero-order valence-corrected chi connectivity index (χ0v) is 36.7. The molecule has 4 rings (SSSR count). The van der Waals surface area contributed by atoms with E-state index in [-0.39, 0.29) is 42.9 Å². The van der Waals surface area contributed by atoms with E-state index in [0.29, 0.717) is 36.1 Å². The number of primary amides is 1. The van der Waals surface area contributed by atoms with E-state index < -0.39 is 96.5 Å². The third-order valence-corrected chi connectivity index (χ3v) is 10.7. The number of nitrogens with two attached hydrogens (primary N) is 3. The molecule has 0 aliphatic carbocycles. The number of hydrogen-bond donors (Lipinski definition) is 14. The molecule has 21 nitrogen and oxygen atoms in total. The molecule has 16 N–H and O–H groups in total. The number of H-pyrrole nitrogens is 1. The number of carboxylic acids is 1. The highest BCUT2D eigenvalue weighted by molar-refractivity contribution is 7.80. The molecule has 66 heavy (non-hydrogen) atoms. The van der Waals surface area contributed by atoms with Crippen LogP contribution < -0.4 is 49.1 Å². The molecule has 0 fully saturated rings. The summed E-state index contributed by atoms with van der Waals surface area (Å²) in [5, 5.41) is 45.1. The fraction of sp³-hybridized carbons (Fsp3) is 0.364. The number of nitrogens with one attached hydrogen (secondary N) is 7. The second-order valence-corrected chi connectivity index (χ2v) is 15.8. The minimum absolute atomic E-state index is 0.0648. The molecule has 7 amide bonds. The summed E-state index contributed by atoms with van der Waals surface area (Å²) >= 11 is 4.28. The van der Waals surface area contributed by atoms with Crippen molar-refractivity contribution >= 4 is 70.9 Å². The molecule has 0 spiro atoms. The van der Waals surface area contributed by atoms with Crippen LogP contribution in [0.2, 0.25) is 0 Å². The van der Waals surface area contributed by atoms with Gasteiger partial charge in [0.1, 0.15) is 41.7 Å². The molecule has 0 aliphatic heterocycles. The minimum Gasteiger partial charge on any atom is -0.508 e. The topological polar surface area (TPSA) is 363 Å². The van der Waals surface area contributed by atoms with Crippen LogP contribution in [0, 0.1) is 0 Å². The number of aliphatic carboxylic acids is 1.